The molecule has 0 atom stereocenters. The maximum absolute atomic E-state index is 12.2. The van der Waals surface area contributed by atoms with Gasteiger partial charge in [-0.15, -0.1) is 0 Å². The number of aryl methyl sites for hydroxylation is 2. The van der Waals surface area contributed by atoms with E-state index < -0.39 is 5.97 Å². The van der Waals surface area contributed by atoms with Crippen LogP contribution in [-0.4, -0.2) is 30.1 Å². The number of hydrogen-bond donors (Lipinski definition) is 2. The second-order valence-electron chi connectivity index (χ2n) is 5.65. The van der Waals surface area contributed by atoms with Crippen LogP contribution in [0.15, 0.2) is 42.5 Å². The minimum absolute atomic E-state index is 0.0717. The molecule has 0 heterocycles. The third-order valence-electron chi connectivity index (χ3n) is 3.62. The first-order valence-electron chi connectivity index (χ1n) is 7.74. The molecule has 0 aliphatic rings. The summed E-state index contributed by atoms with van der Waals surface area (Å²) in [6, 6.07) is 13.0. The number of rotatable bonds is 7. The summed E-state index contributed by atoms with van der Waals surface area (Å²) in [6.45, 7) is 4.06. The van der Waals surface area contributed by atoms with Crippen molar-refractivity contribution in [2.24, 2.45) is 0 Å². The number of hydrogen-bond acceptors (Lipinski definition) is 3. The monoisotopic (exact) mass is 327 g/mol. The van der Waals surface area contributed by atoms with Crippen molar-refractivity contribution in [1.82, 2.24) is 5.32 Å². The lowest BCUT2D eigenvalue weighted by Crippen LogP contribution is -2.26. The van der Waals surface area contributed by atoms with Crippen LogP contribution in [0.5, 0.6) is 5.75 Å². The molecule has 2 rings (SSSR count). The van der Waals surface area contributed by atoms with E-state index in [1.165, 1.54) is 0 Å². The number of carboxylic acids is 1. The van der Waals surface area contributed by atoms with Crippen LogP contribution in [0.4, 0.5) is 0 Å². The van der Waals surface area contributed by atoms with Gasteiger partial charge in [-0.25, -0.2) is 4.79 Å². The van der Waals surface area contributed by atoms with Crippen molar-refractivity contribution in [2.45, 2.75) is 20.3 Å². The van der Waals surface area contributed by atoms with Gasteiger partial charge in [-0.1, -0.05) is 29.8 Å². The average molecular weight is 327 g/mol. The normalized spacial score (nSPS) is 10.2. The maximum atomic E-state index is 12.2. The van der Waals surface area contributed by atoms with E-state index in [0.717, 1.165) is 16.7 Å². The highest BCUT2D eigenvalue weighted by atomic mass is 16.5. The number of aliphatic carboxylic acids is 1. The van der Waals surface area contributed by atoms with E-state index in [1.807, 2.05) is 44.2 Å². The lowest BCUT2D eigenvalue weighted by Gasteiger charge is -2.09. The van der Waals surface area contributed by atoms with E-state index in [4.69, 9.17) is 9.84 Å². The smallest absolute Gasteiger partial charge is 0.341 e. The molecule has 2 N–H and O–H groups in total. The van der Waals surface area contributed by atoms with Gasteiger partial charge < -0.3 is 15.2 Å². The van der Waals surface area contributed by atoms with Gasteiger partial charge in [-0.2, -0.15) is 0 Å². The predicted molar refractivity (Wildman–Crippen MR) is 91.5 cm³/mol. The molecule has 2 aromatic rings. The molecule has 2 aromatic carbocycles. The number of amides is 1. The molecular weight excluding hydrogens is 306 g/mol. The predicted octanol–water partition coefficient (Wildman–Crippen LogP) is 2.74. The standard InChI is InChI=1S/C19H21NO4/c1-13-3-4-14(2)17(11-13)19(23)20-10-9-15-5-7-16(8-6-15)24-12-18(21)22/h3-8,11H,9-10,12H2,1-2H3,(H,20,23)(H,21,22). The van der Waals surface area contributed by atoms with Gasteiger partial charge in [0.2, 0.25) is 0 Å². The Morgan fingerprint density at radius 3 is 2.46 bits per heavy atom. The highest BCUT2D eigenvalue weighted by molar-refractivity contribution is 5.95. The highest BCUT2D eigenvalue weighted by Gasteiger charge is 2.08. The molecule has 0 aliphatic carbocycles. The molecule has 0 bridgehead atoms. The third kappa shape index (κ3) is 5.12. The van der Waals surface area contributed by atoms with Crippen molar-refractivity contribution in [1.29, 1.82) is 0 Å². The van der Waals surface area contributed by atoms with Crippen molar-refractivity contribution in [3.05, 3.63) is 64.7 Å². The van der Waals surface area contributed by atoms with Gasteiger partial charge in [0.25, 0.3) is 5.91 Å². The van der Waals surface area contributed by atoms with Crippen LogP contribution in [0.1, 0.15) is 27.0 Å². The molecule has 0 saturated carbocycles. The topological polar surface area (TPSA) is 75.6 Å². The molecule has 0 fully saturated rings. The van der Waals surface area contributed by atoms with Crippen LogP contribution >= 0.6 is 0 Å². The second-order valence-corrected chi connectivity index (χ2v) is 5.65. The number of nitrogens with one attached hydrogen (secondary N) is 1. The molecule has 5 nitrogen and oxygen atoms in total. The van der Waals surface area contributed by atoms with E-state index in [1.54, 1.807) is 12.1 Å². The van der Waals surface area contributed by atoms with Crippen LogP contribution in [-0.2, 0) is 11.2 Å². The summed E-state index contributed by atoms with van der Waals surface area (Å²) in [5.74, 6) is -0.564. The molecule has 0 spiro atoms. The van der Waals surface area contributed by atoms with Gasteiger partial charge in [0, 0.05) is 12.1 Å². The first-order valence-corrected chi connectivity index (χ1v) is 7.74. The molecule has 5 heteroatoms. The number of carbonyl (C=O) groups is 2. The van der Waals surface area contributed by atoms with Gasteiger partial charge in [0.05, 0.1) is 0 Å². The molecular formula is C19H21NO4. The number of benzene rings is 2. The third-order valence-corrected chi connectivity index (χ3v) is 3.62. The summed E-state index contributed by atoms with van der Waals surface area (Å²) in [5.41, 5.74) is 3.76. The molecule has 0 saturated heterocycles. The first kappa shape index (κ1) is 17.5. The van der Waals surface area contributed by atoms with Crippen molar-refractivity contribution < 1.29 is 19.4 Å². The van der Waals surface area contributed by atoms with Crippen molar-refractivity contribution >= 4 is 11.9 Å². The lowest BCUT2D eigenvalue weighted by molar-refractivity contribution is -0.139. The van der Waals surface area contributed by atoms with E-state index in [-0.39, 0.29) is 12.5 Å². The number of carboxylic acid groups (broad SMARTS) is 1. The fourth-order valence-corrected chi connectivity index (χ4v) is 2.29. The van der Waals surface area contributed by atoms with Crippen LogP contribution in [0.2, 0.25) is 0 Å². The van der Waals surface area contributed by atoms with Gasteiger partial charge in [0.1, 0.15) is 5.75 Å². The van der Waals surface area contributed by atoms with E-state index >= 15 is 0 Å². The van der Waals surface area contributed by atoms with Crippen molar-refractivity contribution in [2.75, 3.05) is 13.2 Å². The largest absolute Gasteiger partial charge is 0.482 e. The Morgan fingerprint density at radius 1 is 1.08 bits per heavy atom. The maximum Gasteiger partial charge on any atom is 0.341 e. The Kier molecular flexibility index (Phi) is 5.95. The molecule has 0 radical (unpaired) electrons. The van der Waals surface area contributed by atoms with Crippen molar-refractivity contribution in [3.8, 4) is 5.75 Å². The van der Waals surface area contributed by atoms with Crippen LogP contribution in [0.25, 0.3) is 0 Å². The fourth-order valence-electron chi connectivity index (χ4n) is 2.29. The van der Waals surface area contributed by atoms with Gasteiger partial charge >= 0.3 is 5.97 Å². The molecule has 24 heavy (non-hydrogen) atoms. The molecule has 0 aromatic heterocycles. The lowest BCUT2D eigenvalue weighted by atomic mass is 10.0. The van der Waals surface area contributed by atoms with Gasteiger partial charge in [0.15, 0.2) is 6.61 Å². The average Bonchev–Trinajstić information content (AvgIpc) is 2.56. The Bertz CT molecular complexity index is 723. The molecule has 1 amide bonds. The van der Waals surface area contributed by atoms with Crippen LogP contribution in [0.3, 0.4) is 0 Å². The van der Waals surface area contributed by atoms with E-state index in [0.29, 0.717) is 24.3 Å². The Morgan fingerprint density at radius 2 is 1.79 bits per heavy atom. The van der Waals surface area contributed by atoms with Crippen molar-refractivity contribution in [3.63, 3.8) is 0 Å². The van der Waals surface area contributed by atoms with E-state index in [9.17, 15) is 9.59 Å². The summed E-state index contributed by atoms with van der Waals surface area (Å²) in [7, 11) is 0. The fraction of sp³-hybridized carbons (Fsp3) is 0.263. The summed E-state index contributed by atoms with van der Waals surface area (Å²) in [4.78, 5) is 22.7. The summed E-state index contributed by atoms with van der Waals surface area (Å²) in [6.07, 6.45) is 0.690. The minimum atomic E-state index is -1.01. The van der Waals surface area contributed by atoms with Gasteiger partial charge in [-0.05, 0) is 49.6 Å². The molecule has 126 valence electrons. The number of carbonyl (C=O) groups excluding carboxylic acids is 1. The Hall–Kier alpha value is -2.82. The van der Waals surface area contributed by atoms with Crippen LogP contribution < -0.4 is 10.1 Å². The Labute approximate surface area is 141 Å². The summed E-state index contributed by atoms with van der Waals surface area (Å²) in [5, 5.41) is 11.5. The summed E-state index contributed by atoms with van der Waals surface area (Å²) < 4.78 is 5.08. The summed E-state index contributed by atoms with van der Waals surface area (Å²) >= 11 is 0. The zero-order valence-electron chi connectivity index (χ0n) is 13.8. The Balaban J connectivity index is 1.84. The van der Waals surface area contributed by atoms with Crippen LogP contribution in [0, 0.1) is 13.8 Å². The SMILES string of the molecule is Cc1ccc(C)c(C(=O)NCCc2ccc(OCC(=O)O)cc2)c1. The highest BCUT2D eigenvalue weighted by Crippen LogP contribution is 2.13. The van der Waals surface area contributed by atoms with E-state index in [2.05, 4.69) is 5.32 Å². The zero-order chi connectivity index (χ0) is 17.5. The quantitative estimate of drug-likeness (QED) is 0.820. The first-order chi connectivity index (χ1) is 11.5. The molecule has 0 unspecified atom stereocenters. The van der Waals surface area contributed by atoms with Gasteiger partial charge in [-0.3, -0.25) is 4.79 Å². The zero-order valence-corrected chi connectivity index (χ0v) is 13.8. The number of ether oxygens (including phenoxy) is 1. The molecule has 0 aliphatic heterocycles. The second kappa shape index (κ2) is 8.15. The minimum Gasteiger partial charge on any atom is -0.482 e.